The summed E-state index contributed by atoms with van der Waals surface area (Å²) in [5.41, 5.74) is 0.792. The maximum Gasteiger partial charge on any atom is 0.251 e. The Labute approximate surface area is 106 Å². The van der Waals surface area contributed by atoms with Crippen molar-refractivity contribution in [3.05, 3.63) is 35.4 Å². The Kier molecular flexibility index (Phi) is 4.88. The highest BCUT2D eigenvalue weighted by Gasteiger charge is 2.10. The minimum absolute atomic E-state index is 0.0417. The van der Waals surface area contributed by atoms with Crippen LogP contribution in [0, 0.1) is 11.3 Å². The third-order valence-electron chi connectivity index (χ3n) is 2.55. The van der Waals surface area contributed by atoms with Gasteiger partial charge < -0.3 is 10.2 Å². The van der Waals surface area contributed by atoms with Crippen molar-refractivity contribution in [3.8, 4) is 6.07 Å². The van der Waals surface area contributed by atoms with Crippen molar-refractivity contribution < 1.29 is 9.59 Å². The van der Waals surface area contributed by atoms with Gasteiger partial charge in [0.1, 0.15) is 0 Å². The summed E-state index contributed by atoms with van der Waals surface area (Å²) in [4.78, 5) is 24.7. The molecule has 1 rings (SSSR count). The van der Waals surface area contributed by atoms with E-state index in [1.807, 2.05) is 13.0 Å². The Hall–Kier alpha value is -2.35. The lowest BCUT2D eigenvalue weighted by Crippen LogP contribution is -2.37. The van der Waals surface area contributed by atoms with E-state index in [1.54, 1.807) is 25.2 Å². The van der Waals surface area contributed by atoms with E-state index in [0.29, 0.717) is 17.7 Å². The third kappa shape index (κ3) is 3.59. The van der Waals surface area contributed by atoms with E-state index in [1.165, 1.54) is 11.0 Å². The number of nitrogens with zero attached hydrogens (tertiary/aromatic N) is 2. The second kappa shape index (κ2) is 6.40. The SMILES string of the molecule is CCN(C)C(=O)CNC(=O)c1cccc(C#N)c1. The molecule has 0 spiro atoms. The molecule has 0 bridgehead atoms. The molecule has 1 aromatic carbocycles. The van der Waals surface area contributed by atoms with Gasteiger partial charge in [-0.15, -0.1) is 0 Å². The molecule has 0 saturated heterocycles. The molecule has 5 heteroatoms. The monoisotopic (exact) mass is 245 g/mol. The molecule has 0 fully saturated rings. The van der Waals surface area contributed by atoms with E-state index >= 15 is 0 Å². The summed E-state index contributed by atoms with van der Waals surface area (Å²) in [5.74, 6) is -0.507. The molecule has 0 aliphatic carbocycles. The molecule has 0 aromatic heterocycles. The normalized spacial score (nSPS) is 9.39. The average molecular weight is 245 g/mol. The number of nitrogens with one attached hydrogen (secondary N) is 1. The van der Waals surface area contributed by atoms with Crippen LogP contribution in [0.1, 0.15) is 22.8 Å². The van der Waals surface area contributed by atoms with E-state index in [9.17, 15) is 9.59 Å². The van der Waals surface area contributed by atoms with Crippen LogP contribution in [0.4, 0.5) is 0 Å². The summed E-state index contributed by atoms with van der Waals surface area (Å²) < 4.78 is 0. The van der Waals surface area contributed by atoms with Gasteiger partial charge in [0.05, 0.1) is 18.2 Å². The summed E-state index contributed by atoms with van der Waals surface area (Å²) in [6, 6.07) is 8.30. The lowest BCUT2D eigenvalue weighted by Gasteiger charge is -2.14. The molecule has 2 amide bonds. The molecule has 5 nitrogen and oxygen atoms in total. The predicted molar refractivity (Wildman–Crippen MR) is 66.8 cm³/mol. The molecule has 0 unspecified atom stereocenters. The van der Waals surface area contributed by atoms with Gasteiger partial charge in [0, 0.05) is 19.2 Å². The van der Waals surface area contributed by atoms with Gasteiger partial charge in [0.15, 0.2) is 0 Å². The highest BCUT2D eigenvalue weighted by atomic mass is 16.2. The quantitative estimate of drug-likeness (QED) is 0.851. The Morgan fingerprint density at radius 3 is 2.78 bits per heavy atom. The zero-order chi connectivity index (χ0) is 13.5. The summed E-state index contributed by atoms with van der Waals surface area (Å²) >= 11 is 0. The molecular formula is C13H15N3O2. The molecule has 1 N–H and O–H groups in total. The Morgan fingerprint density at radius 1 is 1.44 bits per heavy atom. The number of amides is 2. The van der Waals surface area contributed by atoms with Crippen molar-refractivity contribution in [2.75, 3.05) is 20.1 Å². The van der Waals surface area contributed by atoms with Gasteiger partial charge in [-0.25, -0.2) is 0 Å². The molecule has 0 aliphatic rings. The molecular weight excluding hydrogens is 230 g/mol. The van der Waals surface area contributed by atoms with Crippen LogP contribution < -0.4 is 5.32 Å². The van der Waals surface area contributed by atoms with Crippen LogP contribution in [0.5, 0.6) is 0 Å². The van der Waals surface area contributed by atoms with Gasteiger partial charge in [-0.2, -0.15) is 5.26 Å². The number of hydrogen-bond acceptors (Lipinski definition) is 3. The fraction of sp³-hybridized carbons (Fsp3) is 0.308. The summed E-state index contributed by atoms with van der Waals surface area (Å²) in [5, 5.41) is 11.2. The highest BCUT2D eigenvalue weighted by Crippen LogP contribution is 2.03. The van der Waals surface area contributed by atoms with E-state index in [0.717, 1.165) is 0 Å². The number of nitriles is 1. The van der Waals surface area contributed by atoms with Crippen molar-refractivity contribution in [1.29, 1.82) is 5.26 Å². The topological polar surface area (TPSA) is 73.2 Å². The second-order valence-electron chi connectivity index (χ2n) is 3.78. The molecule has 94 valence electrons. The molecule has 0 saturated carbocycles. The van der Waals surface area contributed by atoms with Crippen molar-refractivity contribution in [2.45, 2.75) is 6.92 Å². The molecule has 0 aliphatic heterocycles. The van der Waals surface area contributed by atoms with Crippen molar-refractivity contribution in [1.82, 2.24) is 10.2 Å². The Morgan fingerprint density at radius 2 is 2.17 bits per heavy atom. The summed E-state index contributed by atoms with van der Waals surface area (Å²) in [7, 11) is 1.67. The first kappa shape index (κ1) is 13.7. The number of carbonyl (C=O) groups excluding carboxylic acids is 2. The zero-order valence-corrected chi connectivity index (χ0v) is 10.4. The fourth-order valence-corrected chi connectivity index (χ4v) is 1.30. The van der Waals surface area contributed by atoms with Crippen molar-refractivity contribution in [2.24, 2.45) is 0 Å². The van der Waals surface area contributed by atoms with E-state index in [-0.39, 0.29) is 18.4 Å². The van der Waals surface area contributed by atoms with Crippen LogP contribution in [0.25, 0.3) is 0 Å². The number of benzene rings is 1. The van der Waals surface area contributed by atoms with E-state index in [2.05, 4.69) is 5.32 Å². The number of hydrogen-bond donors (Lipinski definition) is 1. The lowest BCUT2D eigenvalue weighted by atomic mass is 10.1. The van der Waals surface area contributed by atoms with E-state index in [4.69, 9.17) is 5.26 Å². The van der Waals surface area contributed by atoms with Crippen LogP contribution in [0.3, 0.4) is 0 Å². The van der Waals surface area contributed by atoms with Gasteiger partial charge in [0.25, 0.3) is 5.91 Å². The minimum atomic E-state index is -0.357. The van der Waals surface area contributed by atoms with E-state index < -0.39 is 0 Å². The molecule has 0 radical (unpaired) electrons. The average Bonchev–Trinajstić information content (AvgIpc) is 2.43. The lowest BCUT2D eigenvalue weighted by molar-refractivity contribution is -0.128. The summed E-state index contributed by atoms with van der Waals surface area (Å²) in [6.45, 7) is 2.41. The molecule has 0 atom stereocenters. The third-order valence-corrected chi connectivity index (χ3v) is 2.55. The van der Waals surface area contributed by atoms with Crippen LogP contribution in [-0.4, -0.2) is 36.9 Å². The Bertz CT molecular complexity index is 491. The first-order valence-corrected chi connectivity index (χ1v) is 5.60. The zero-order valence-electron chi connectivity index (χ0n) is 10.4. The maximum absolute atomic E-state index is 11.7. The fourth-order valence-electron chi connectivity index (χ4n) is 1.30. The van der Waals surface area contributed by atoms with Crippen molar-refractivity contribution in [3.63, 3.8) is 0 Å². The van der Waals surface area contributed by atoms with Gasteiger partial charge >= 0.3 is 0 Å². The maximum atomic E-state index is 11.7. The first-order chi connectivity index (χ1) is 8.58. The largest absolute Gasteiger partial charge is 0.345 e. The molecule has 18 heavy (non-hydrogen) atoms. The van der Waals surface area contributed by atoms with Gasteiger partial charge in [0.2, 0.25) is 5.91 Å². The van der Waals surface area contributed by atoms with Crippen molar-refractivity contribution >= 4 is 11.8 Å². The molecule has 0 heterocycles. The highest BCUT2D eigenvalue weighted by molar-refractivity contribution is 5.96. The van der Waals surface area contributed by atoms with Gasteiger partial charge in [-0.3, -0.25) is 9.59 Å². The minimum Gasteiger partial charge on any atom is -0.345 e. The van der Waals surface area contributed by atoms with Gasteiger partial charge in [-0.1, -0.05) is 6.07 Å². The first-order valence-electron chi connectivity index (χ1n) is 5.60. The molecule has 1 aromatic rings. The smallest absolute Gasteiger partial charge is 0.251 e. The van der Waals surface area contributed by atoms with Crippen LogP contribution in [-0.2, 0) is 4.79 Å². The standard InChI is InChI=1S/C13H15N3O2/c1-3-16(2)12(17)9-15-13(18)11-6-4-5-10(7-11)8-14/h4-7H,3,9H2,1-2H3,(H,15,18). The number of rotatable bonds is 4. The Balaban J connectivity index is 2.61. The summed E-state index contributed by atoms with van der Waals surface area (Å²) in [6.07, 6.45) is 0. The number of likely N-dealkylation sites (N-methyl/N-ethyl adjacent to an activating group) is 1. The van der Waals surface area contributed by atoms with Crippen LogP contribution >= 0.6 is 0 Å². The number of carbonyl (C=O) groups is 2. The van der Waals surface area contributed by atoms with Crippen LogP contribution in [0.2, 0.25) is 0 Å². The van der Waals surface area contributed by atoms with Crippen LogP contribution in [0.15, 0.2) is 24.3 Å². The van der Waals surface area contributed by atoms with Gasteiger partial charge in [-0.05, 0) is 25.1 Å². The second-order valence-corrected chi connectivity index (χ2v) is 3.78. The predicted octanol–water partition coefficient (Wildman–Crippen LogP) is 0.766.